The lowest BCUT2D eigenvalue weighted by Crippen LogP contribution is -2.02. The first-order valence-electron chi connectivity index (χ1n) is 17.1. The molecule has 3 heterocycles. The first-order chi connectivity index (χ1) is 25.2. The van der Waals surface area contributed by atoms with Crippen molar-refractivity contribution in [3.8, 4) is 51.0 Å². The van der Waals surface area contributed by atoms with E-state index >= 15 is 0 Å². The largest absolute Gasteiger partial charge is 0.308 e. The molecule has 0 spiro atoms. The van der Waals surface area contributed by atoms with Crippen molar-refractivity contribution in [1.29, 1.82) is 0 Å². The fraction of sp³-hybridized carbons (Fsp3) is 0.0217. The van der Waals surface area contributed by atoms with E-state index in [0.29, 0.717) is 17.5 Å². The van der Waals surface area contributed by atoms with Crippen LogP contribution in [-0.4, -0.2) is 19.5 Å². The molecule has 4 nitrogen and oxygen atoms in total. The zero-order valence-electron chi connectivity index (χ0n) is 27.8. The highest BCUT2D eigenvalue weighted by Gasteiger charge is 2.21. The van der Waals surface area contributed by atoms with Crippen molar-refractivity contribution < 1.29 is 0 Å². The first kappa shape index (κ1) is 29.5. The molecule has 0 unspecified atom stereocenters. The van der Waals surface area contributed by atoms with E-state index in [1.54, 1.807) is 0 Å². The van der Waals surface area contributed by atoms with Crippen LogP contribution >= 0.6 is 11.3 Å². The molecule has 0 saturated heterocycles. The third-order valence-corrected chi connectivity index (χ3v) is 10.8. The van der Waals surface area contributed by atoms with Crippen molar-refractivity contribution in [3.05, 3.63) is 169 Å². The summed E-state index contributed by atoms with van der Waals surface area (Å²) in [4.78, 5) is 15.1. The van der Waals surface area contributed by atoms with E-state index in [2.05, 4.69) is 115 Å². The minimum absolute atomic E-state index is 0.636. The molecule has 51 heavy (non-hydrogen) atoms. The van der Waals surface area contributed by atoms with Crippen LogP contribution in [0.2, 0.25) is 0 Å². The average molecular weight is 671 g/mol. The molecular formula is C46H30N4S. The predicted octanol–water partition coefficient (Wildman–Crippen LogP) is 12.3. The second-order valence-corrected chi connectivity index (χ2v) is 14.0. The van der Waals surface area contributed by atoms with Gasteiger partial charge in [-0.25, -0.2) is 15.0 Å². The molecule has 3 aromatic heterocycles. The molecule has 5 heteroatoms. The summed E-state index contributed by atoms with van der Waals surface area (Å²) < 4.78 is 5.06. The molecule has 0 aliphatic carbocycles. The van der Waals surface area contributed by atoms with E-state index in [4.69, 9.17) is 15.0 Å². The van der Waals surface area contributed by atoms with Gasteiger partial charge in [0.1, 0.15) is 0 Å². The van der Waals surface area contributed by atoms with Crippen LogP contribution in [0.3, 0.4) is 0 Å². The Labute approximate surface area is 299 Å². The number of rotatable bonds is 5. The molecule has 0 aliphatic heterocycles. The van der Waals surface area contributed by atoms with E-state index < -0.39 is 0 Å². The van der Waals surface area contributed by atoms with E-state index in [1.807, 2.05) is 72.0 Å². The lowest BCUT2D eigenvalue weighted by molar-refractivity contribution is 1.07. The smallest absolute Gasteiger partial charge is 0.164 e. The molecule has 0 N–H and O–H groups in total. The summed E-state index contributed by atoms with van der Waals surface area (Å²) in [5.41, 5.74) is 9.80. The monoisotopic (exact) mass is 670 g/mol. The van der Waals surface area contributed by atoms with Gasteiger partial charge in [-0.1, -0.05) is 133 Å². The van der Waals surface area contributed by atoms with E-state index in [0.717, 1.165) is 33.5 Å². The summed E-state index contributed by atoms with van der Waals surface area (Å²) in [6.07, 6.45) is 0. The number of aryl methyl sites for hydroxylation is 1. The molecule has 0 fully saturated rings. The molecule has 0 amide bonds. The molecule has 240 valence electrons. The van der Waals surface area contributed by atoms with Crippen LogP contribution in [0.25, 0.3) is 93.0 Å². The van der Waals surface area contributed by atoms with Crippen LogP contribution < -0.4 is 0 Å². The molecular weight excluding hydrogens is 641 g/mol. The second kappa shape index (κ2) is 11.9. The molecule has 0 radical (unpaired) electrons. The van der Waals surface area contributed by atoms with Crippen LogP contribution in [0.4, 0.5) is 0 Å². The highest BCUT2D eigenvalue weighted by atomic mass is 32.1. The van der Waals surface area contributed by atoms with Gasteiger partial charge in [-0.3, -0.25) is 0 Å². The fourth-order valence-corrected chi connectivity index (χ4v) is 8.48. The SMILES string of the molecule is Cc1cccc(-c2cc(-c3nc(-c4ccccc4)nc(-c4ccccc4)n3)ccc2-n2c3ccccc3c3ccc4sc5ccccc5c4c32)c1. The van der Waals surface area contributed by atoms with Crippen molar-refractivity contribution in [3.63, 3.8) is 0 Å². The minimum atomic E-state index is 0.636. The summed E-state index contributed by atoms with van der Waals surface area (Å²) in [7, 11) is 0. The van der Waals surface area contributed by atoms with Crippen molar-refractivity contribution in [2.75, 3.05) is 0 Å². The lowest BCUT2D eigenvalue weighted by atomic mass is 9.98. The third kappa shape index (κ3) is 4.93. The maximum atomic E-state index is 5.08. The summed E-state index contributed by atoms with van der Waals surface area (Å²) in [6, 6.07) is 57.9. The highest BCUT2D eigenvalue weighted by molar-refractivity contribution is 7.26. The standard InChI is InChI=1S/C46H30N4S/c1-29-13-12-18-32(27-29)37-28-33(46-48-44(30-14-4-2-5-15-30)47-45(49-46)31-16-6-3-7-17-31)23-25-39(37)50-38-21-10-8-19-34(38)35-24-26-41-42(43(35)50)36-20-9-11-22-40(36)51-41/h2-28H,1H3. The van der Waals surface area contributed by atoms with Gasteiger partial charge in [0.2, 0.25) is 0 Å². The van der Waals surface area contributed by atoms with E-state index in [-0.39, 0.29) is 0 Å². The van der Waals surface area contributed by atoms with Gasteiger partial charge >= 0.3 is 0 Å². The predicted molar refractivity (Wildman–Crippen MR) is 214 cm³/mol. The Morgan fingerprint density at radius 1 is 0.451 bits per heavy atom. The van der Waals surface area contributed by atoms with Gasteiger partial charge in [0.25, 0.3) is 0 Å². The van der Waals surface area contributed by atoms with Gasteiger partial charge in [-0.2, -0.15) is 0 Å². The fourth-order valence-electron chi connectivity index (χ4n) is 7.37. The van der Waals surface area contributed by atoms with Crippen LogP contribution in [-0.2, 0) is 0 Å². The number of nitrogens with zero attached hydrogens (tertiary/aromatic N) is 4. The molecule has 0 aliphatic rings. The summed E-state index contributed by atoms with van der Waals surface area (Å²) >= 11 is 1.86. The Bertz CT molecular complexity index is 2870. The van der Waals surface area contributed by atoms with Gasteiger partial charge in [-0.05, 0) is 48.9 Å². The molecule has 10 rings (SSSR count). The van der Waals surface area contributed by atoms with Crippen molar-refractivity contribution in [2.24, 2.45) is 0 Å². The number of thiophene rings is 1. The van der Waals surface area contributed by atoms with Gasteiger partial charge in [-0.15, -0.1) is 11.3 Å². The molecule has 10 aromatic rings. The Hall–Kier alpha value is -6.43. The third-order valence-electron chi connectivity index (χ3n) is 9.70. The van der Waals surface area contributed by atoms with Crippen molar-refractivity contribution in [2.45, 2.75) is 6.92 Å². The van der Waals surface area contributed by atoms with Crippen molar-refractivity contribution in [1.82, 2.24) is 19.5 Å². The Balaban J connectivity index is 1.28. The van der Waals surface area contributed by atoms with Gasteiger partial charge < -0.3 is 4.57 Å². The van der Waals surface area contributed by atoms with Crippen LogP contribution in [0.15, 0.2) is 164 Å². The topological polar surface area (TPSA) is 43.6 Å². The maximum absolute atomic E-state index is 5.08. The number of hydrogen-bond acceptors (Lipinski definition) is 4. The first-order valence-corrected chi connectivity index (χ1v) is 17.9. The number of benzene rings is 7. The zero-order valence-corrected chi connectivity index (χ0v) is 28.6. The Kier molecular flexibility index (Phi) is 6.86. The summed E-state index contributed by atoms with van der Waals surface area (Å²) in [5, 5.41) is 5.06. The summed E-state index contributed by atoms with van der Waals surface area (Å²) in [6.45, 7) is 2.15. The zero-order chi connectivity index (χ0) is 33.9. The van der Waals surface area contributed by atoms with Crippen molar-refractivity contribution >= 4 is 53.3 Å². The van der Waals surface area contributed by atoms with Gasteiger partial charge in [0.05, 0.1) is 16.7 Å². The Morgan fingerprint density at radius 3 is 1.80 bits per heavy atom. The molecule has 7 aromatic carbocycles. The minimum Gasteiger partial charge on any atom is -0.308 e. The van der Waals surface area contributed by atoms with Crippen LogP contribution in [0.1, 0.15) is 5.56 Å². The number of aromatic nitrogens is 4. The van der Waals surface area contributed by atoms with E-state index in [9.17, 15) is 0 Å². The molecule has 0 bridgehead atoms. The highest BCUT2D eigenvalue weighted by Crippen LogP contribution is 2.44. The summed E-state index contributed by atoms with van der Waals surface area (Å²) in [5.74, 6) is 1.93. The average Bonchev–Trinajstić information content (AvgIpc) is 3.74. The maximum Gasteiger partial charge on any atom is 0.164 e. The lowest BCUT2D eigenvalue weighted by Gasteiger charge is -2.17. The van der Waals surface area contributed by atoms with Gasteiger partial charge in [0, 0.05) is 53.2 Å². The second-order valence-electron chi connectivity index (χ2n) is 12.9. The number of fused-ring (bicyclic) bond motifs is 7. The Morgan fingerprint density at radius 2 is 1.08 bits per heavy atom. The molecule has 0 atom stereocenters. The normalized spacial score (nSPS) is 11.6. The quantitative estimate of drug-likeness (QED) is 0.183. The van der Waals surface area contributed by atoms with E-state index in [1.165, 1.54) is 47.5 Å². The number of para-hydroxylation sites is 1. The van der Waals surface area contributed by atoms with Crippen LogP contribution in [0.5, 0.6) is 0 Å². The number of hydrogen-bond donors (Lipinski definition) is 0. The molecule has 0 saturated carbocycles. The van der Waals surface area contributed by atoms with Gasteiger partial charge in [0.15, 0.2) is 17.5 Å². The van der Waals surface area contributed by atoms with Crippen LogP contribution in [0, 0.1) is 6.92 Å².